The lowest BCUT2D eigenvalue weighted by atomic mass is 10.1. The van der Waals surface area contributed by atoms with Gasteiger partial charge in [0, 0.05) is 17.3 Å². The third-order valence-corrected chi connectivity index (χ3v) is 7.99. The normalized spacial score (nSPS) is 11.5. The molecule has 0 saturated carbocycles. The van der Waals surface area contributed by atoms with Gasteiger partial charge in [-0.25, -0.2) is 8.42 Å². The number of carbonyl (C=O) groups excluding carboxylic acids is 1. The van der Waals surface area contributed by atoms with Crippen molar-refractivity contribution in [3.63, 3.8) is 0 Å². The fourth-order valence-corrected chi connectivity index (χ4v) is 5.45. The first-order chi connectivity index (χ1) is 16.6. The van der Waals surface area contributed by atoms with Crippen molar-refractivity contribution in [2.45, 2.75) is 50.5 Å². The van der Waals surface area contributed by atoms with E-state index < -0.39 is 15.3 Å². The van der Waals surface area contributed by atoms with Crippen LogP contribution in [-0.4, -0.2) is 18.9 Å². The van der Waals surface area contributed by atoms with Crippen LogP contribution in [0.5, 0.6) is 0 Å². The molecule has 1 aromatic heterocycles. The minimum absolute atomic E-state index is 0.0525. The van der Waals surface area contributed by atoms with Crippen molar-refractivity contribution in [1.82, 2.24) is 4.57 Å². The maximum absolute atomic E-state index is 13.5. The Morgan fingerprint density at radius 3 is 2.29 bits per heavy atom. The highest BCUT2D eigenvalue weighted by atomic mass is 32.2. The lowest BCUT2D eigenvalue weighted by Gasteiger charge is -2.15. The van der Waals surface area contributed by atoms with Crippen LogP contribution >= 0.6 is 0 Å². The molecule has 1 heterocycles. The van der Waals surface area contributed by atoms with Crippen molar-refractivity contribution in [2.24, 2.45) is 0 Å². The monoisotopic (exact) mass is 488 g/mol. The molecule has 4 rings (SSSR count). The smallest absolute Gasteiger partial charge is 0.244 e. The molecule has 0 unspecified atom stereocenters. The SMILES string of the molecule is CCc1ccc(NC(=O)Cn2cc(S(=O)(=O)c3ccc(C)c(C)c3)c(=O)c3cc(C)ccc32)cc1. The highest BCUT2D eigenvalue weighted by Crippen LogP contribution is 2.24. The molecule has 35 heavy (non-hydrogen) atoms. The van der Waals surface area contributed by atoms with E-state index in [-0.39, 0.29) is 27.6 Å². The molecule has 1 N–H and O–H groups in total. The van der Waals surface area contributed by atoms with Gasteiger partial charge in [-0.1, -0.05) is 36.8 Å². The van der Waals surface area contributed by atoms with Crippen LogP contribution in [0.25, 0.3) is 10.9 Å². The molecule has 0 spiro atoms. The summed E-state index contributed by atoms with van der Waals surface area (Å²) in [6.07, 6.45) is 2.18. The Hall–Kier alpha value is -3.71. The molecule has 7 heteroatoms. The standard InChI is InChI=1S/C28H28N2O4S/c1-5-21-8-10-22(11-9-21)29-27(31)17-30-16-26(28(32)24-14-18(2)6-13-25(24)30)35(33,34)23-12-7-19(3)20(4)15-23/h6-16H,5,17H2,1-4H3,(H,29,31). The quantitative estimate of drug-likeness (QED) is 0.416. The molecular weight excluding hydrogens is 460 g/mol. The summed E-state index contributed by atoms with van der Waals surface area (Å²) >= 11 is 0. The van der Waals surface area contributed by atoms with E-state index in [2.05, 4.69) is 12.2 Å². The second kappa shape index (κ2) is 9.50. The summed E-state index contributed by atoms with van der Waals surface area (Å²) in [5.74, 6) is -0.325. The minimum Gasteiger partial charge on any atom is -0.336 e. The van der Waals surface area contributed by atoms with Crippen LogP contribution in [0.3, 0.4) is 0 Å². The number of hydrogen-bond acceptors (Lipinski definition) is 4. The van der Waals surface area contributed by atoms with Crippen LogP contribution in [0.15, 0.2) is 81.4 Å². The average molecular weight is 489 g/mol. The van der Waals surface area contributed by atoms with Gasteiger partial charge in [-0.05, 0) is 80.3 Å². The molecule has 0 aliphatic heterocycles. The topological polar surface area (TPSA) is 85.2 Å². The second-order valence-corrected chi connectivity index (χ2v) is 10.7. The number of aromatic nitrogens is 1. The van der Waals surface area contributed by atoms with Gasteiger partial charge in [0.2, 0.25) is 21.2 Å². The van der Waals surface area contributed by atoms with Crippen LogP contribution in [0.2, 0.25) is 0 Å². The van der Waals surface area contributed by atoms with Crippen LogP contribution < -0.4 is 10.7 Å². The first-order valence-electron chi connectivity index (χ1n) is 11.4. The first kappa shape index (κ1) is 24.4. The number of nitrogens with zero attached hydrogens (tertiary/aromatic N) is 1. The van der Waals surface area contributed by atoms with Crippen LogP contribution in [0.4, 0.5) is 5.69 Å². The molecule has 180 valence electrons. The maximum atomic E-state index is 13.5. The summed E-state index contributed by atoms with van der Waals surface area (Å²) in [5.41, 5.74) is 4.32. The van der Waals surface area contributed by atoms with E-state index in [1.165, 1.54) is 16.8 Å². The van der Waals surface area contributed by atoms with Crippen molar-refractivity contribution in [3.8, 4) is 0 Å². The largest absolute Gasteiger partial charge is 0.336 e. The van der Waals surface area contributed by atoms with Gasteiger partial charge in [0.1, 0.15) is 11.4 Å². The zero-order valence-corrected chi connectivity index (χ0v) is 21.1. The van der Waals surface area contributed by atoms with Crippen LogP contribution in [0, 0.1) is 20.8 Å². The van der Waals surface area contributed by atoms with Crippen molar-refractivity contribution in [2.75, 3.05) is 5.32 Å². The Morgan fingerprint density at radius 1 is 0.914 bits per heavy atom. The molecule has 0 bridgehead atoms. The molecule has 6 nitrogen and oxygen atoms in total. The van der Waals surface area contributed by atoms with Gasteiger partial charge >= 0.3 is 0 Å². The Labute approximate surface area is 205 Å². The second-order valence-electron chi connectivity index (χ2n) is 8.82. The predicted octanol–water partition coefficient (Wildman–Crippen LogP) is 4.96. The third kappa shape index (κ3) is 4.91. The molecule has 3 aromatic carbocycles. The van der Waals surface area contributed by atoms with Crippen molar-refractivity contribution < 1.29 is 13.2 Å². The molecule has 4 aromatic rings. The van der Waals surface area contributed by atoms with Crippen molar-refractivity contribution >= 4 is 32.3 Å². The minimum atomic E-state index is -4.10. The summed E-state index contributed by atoms with van der Waals surface area (Å²) in [6, 6.07) is 17.6. The van der Waals surface area contributed by atoms with E-state index in [1.54, 1.807) is 24.3 Å². The van der Waals surface area contributed by atoms with Crippen molar-refractivity contribution in [1.29, 1.82) is 0 Å². The summed E-state index contributed by atoms with van der Waals surface area (Å²) in [5, 5.41) is 3.11. The predicted molar refractivity (Wildman–Crippen MR) is 139 cm³/mol. The summed E-state index contributed by atoms with van der Waals surface area (Å²) in [7, 11) is -4.10. The average Bonchev–Trinajstić information content (AvgIpc) is 2.82. The number of anilines is 1. The molecule has 0 atom stereocenters. The molecule has 1 amide bonds. The van der Waals surface area contributed by atoms with E-state index in [1.807, 2.05) is 51.1 Å². The number of carbonyl (C=O) groups is 1. The summed E-state index contributed by atoms with van der Waals surface area (Å²) in [4.78, 5) is 25.9. The molecule has 0 radical (unpaired) electrons. The first-order valence-corrected chi connectivity index (χ1v) is 12.9. The van der Waals surface area contributed by atoms with Gasteiger partial charge in [0.15, 0.2) is 0 Å². The number of hydrogen-bond donors (Lipinski definition) is 1. The van der Waals surface area contributed by atoms with E-state index in [9.17, 15) is 18.0 Å². The number of benzene rings is 3. The summed E-state index contributed by atoms with van der Waals surface area (Å²) < 4.78 is 28.6. The number of amides is 1. The zero-order valence-electron chi connectivity index (χ0n) is 20.3. The fourth-order valence-electron chi connectivity index (χ4n) is 3.99. The molecular formula is C28H28N2O4S. The number of aryl methyl sites for hydroxylation is 4. The highest BCUT2D eigenvalue weighted by Gasteiger charge is 2.25. The number of pyridine rings is 1. The summed E-state index contributed by atoms with van der Waals surface area (Å²) in [6.45, 7) is 7.46. The van der Waals surface area contributed by atoms with Gasteiger partial charge in [0.25, 0.3) is 0 Å². The highest BCUT2D eigenvalue weighted by molar-refractivity contribution is 7.91. The lowest BCUT2D eigenvalue weighted by Crippen LogP contribution is -2.24. The van der Waals surface area contributed by atoms with Gasteiger partial charge in [-0.15, -0.1) is 0 Å². The lowest BCUT2D eigenvalue weighted by molar-refractivity contribution is -0.116. The van der Waals surface area contributed by atoms with Gasteiger partial charge in [-0.3, -0.25) is 9.59 Å². The Morgan fingerprint density at radius 2 is 1.63 bits per heavy atom. The van der Waals surface area contributed by atoms with E-state index in [4.69, 9.17) is 0 Å². The Balaban J connectivity index is 1.80. The van der Waals surface area contributed by atoms with Gasteiger partial charge in [-0.2, -0.15) is 0 Å². The Kier molecular flexibility index (Phi) is 6.63. The van der Waals surface area contributed by atoms with Gasteiger partial charge in [0.05, 0.1) is 10.4 Å². The van der Waals surface area contributed by atoms with E-state index in [0.29, 0.717) is 11.2 Å². The zero-order chi connectivity index (χ0) is 25.3. The Bertz CT molecular complexity index is 1600. The number of rotatable bonds is 6. The molecule has 0 aliphatic rings. The van der Waals surface area contributed by atoms with E-state index in [0.717, 1.165) is 28.7 Å². The van der Waals surface area contributed by atoms with Crippen molar-refractivity contribution in [3.05, 3.63) is 99.3 Å². The third-order valence-electron chi connectivity index (χ3n) is 6.24. The molecule has 0 aliphatic carbocycles. The van der Waals surface area contributed by atoms with Crippen LogP contribution in [0.1, 0.15) is 29.2 Å². The molecule has 0 saturated heterocycles. The van der Waals surface area contributed by atoms with Crippen LogP contribution in [-0.2, 0) is 27.6 Å². The number of sulfone groups is 1. The molecule has 0 fully saturated rings. The maximum Gasteiger partial charge on any atom is 0.244 e. The fraction of sp³-hybridized carbons (Fsp3) is 0.214. The number of fused-ring (bicyclic) bond motifs is 1. The van der Waals surface area contributed by atoms with E-state index >= 15 is 0 Å². The van der Waals surface area contributed by atoms with Gasteiger partial charge < -0.3 is 9.88 Å². The number of nitrogens with one attached hydrogen (secondary N) is 1.